The van der Waals surface area contributed by atoms with E-state index in [2.05, 4.69) is 38.9 Å². The predicted molar refractivity (Wildman–Crippen MR) is 163 cm³/mol. The maximum Gasteiger partial charge on any atom is 0.264 e. The minimum atomic E-state index is -0.973. The van der Waals surface area contributed by atoms with Gasteiger partial charge in [0.1, 0.15) is 6.04 Å². The molecular weight excluding hydrogens is 558 g/mol. The molecule has 1 saturated heterocycles. The molecule has 1 unspecified atom stereocenters. The van der Waals surface area contributed by atoms with Crippen LogP contribution in [0.1, 0.15) is 83.6 Å². The van der Waals surface area contributed by atoms with Crippen molar-refractivity contribution in [1.82, 2.24) is 30.0 Å². The summed E-state index contributed by atoms with van der Waals surface area (Å²) in [5, 5.41) is 10.1. The van der Waals surface area contributed by atoms with Crippen LogP contribution >= 0.6 is 0 Å². The number of hydrogen-bond donors (Lipinski definition) is 2. The average Bonchev–Trinajstić information content (AvgIpc) is 3.72. The normalized spacial score (nSPS) is 18.2. The Bertz CT molecular complexity index is 1790. The summed E-state index contributed by atoms with van der Waals surface area (Å²) in [5.41, 5.74) is 6.12. The summed E-state index contributed by atoms with van der Waals surface area (Å²) in [6.07, 6.45) is 12.3. The molecule has 1 atom stereocenters. The van der Waals surface area contributed by atoms with E-state index >= 15 is 0 Å². The molecule has 2 aromatic carbocycles. The summed E-state index contributed by atoms with van der Waals surface area (Å²) < 4.78 is 1.95. The van der Waals surface area contributed by atoms with Crippen LogP contribution in [-0.4, -0.2) is 60.9 Å². The summed E-state index contributed by atoms with van der Waals surface area (Å²) in [7, 11) is 0. The number of aryl methyl sites for hydroxylation is 1. The fourth-order valence-electron chi connectivity index (χ4n) is 6.09. The topological polar surface area (TPSA) is 139 Å². The zero-order chi connectivity index (χ0) is 30.2. The van der Waals surface area contributed by atoms with E-state index in [4.69, 9.17) is 4.98 Å². The highest BCUT2D eigenvalue weighted by Gasteiger charge is 2.45. The van der Waals surface area contributed by atoms with Gasteiger partial charge in [-0.05, 0) is 67.9 Å². The lowest BCUT2D eigenvalue weighted by atomic mass is 10.0. The number of nitrogens with one attached hydrogen (secondary N) is 2. The Kier molecular flexibility index (Phi) is 7.37. The van der Waals surface area contributed by atoms with Crippen molar-refractivity contribution in [2.75, 3.05) is 11.9 Å². The van der Waals surface area contributed by atoms with Gasteiger partial charge in [0, 0.05) is 37.0 Å². The Morgan fingerprint density at radius 1 is 0.909 bits per heavy atom. The summed E-state index contributed by atoms with van der Waals surface area (Å²) in [6.45, 7) is 1.45. The van der Waals surface area contributed by atoms with Gasteiger partial charge >= 0.3 is 0 Å². The van der Waals surface area contributed by atoms with Gasteiger partial charge in [0.25, 0.3) is 11.8 Å². The minimum absolute atomic E-state index is 0.0939. The Hall–Kier alpha value is -4.93. The molecule has 11 nitrogen and oxygen atoms in total. The number of fused-ring (bicyclic) bond motifs is 2. The fraction of sp³-hybridized carbons (Fsp3) is 0.364. The van der Waals surface area contributed by atoms with Crippen molar-refractivity contribution in [3.63, 3.8) is 0 Å². The number of carbonyl (C=O) groups is 4. The predicted octanol–water partition coefficient (Wildman–Crippen LogP) is 4.44. The number of rotatable bonds is 11. The number of hydrogen-bond acceptors (Lipinski definition) is 8. The van der Waals surface area contributed by atoms with Crippen molar-refractivity contribution in [2.24, 2.45) is 0 Å². The van der Waals surface area contributed by atoms with Crippen molar-refractivity contribution in [2.45, 2.75) is 69.9 Å². The second kappa shape index (κ2) is 11.6. The minimum Gasteiger partial charge on any atom is -0.384 e. The van der Waals surface area contributed by atoms with Crippen LogP contribution in [0.3, 0.4) is 0 Å². The average molecular weight is 592 g/mol. The van der Waals surface area contributed by atoms with Gasteiger partial charge in [0.2, 0.25) is 11.8 Å². The molecule has 0 radical (unpaired) electrons. The number of carbonyl (C=O) groups excluding carboxylic acids is 4. The van der Waals surface area contributed by atoms with E-state index < -0.39 is 29.7 Å². The van der Waals surface area contributed by atoms with Crippen LogP contribution in [0, 0.1) is 0 Å². The highest BCUT2D eigenvalue weighted by molar-refractivity contribution is 6.25. The van der Waals surface area contributed by atoms with Crippen LogP contribution in [0.25, 0.3) is 22.3 Å². The summed E-state index contributed by atoms with van der Waals surface area (Å²) in [4.78, 5) is 60.6. The molecule has 1 saturated carbocycles. The highest BCUT2D eigenvalue weighted by Crippen LogP contribution is 2.40. The number of imide groups is 2. The molecule has 11 heteroatoms. The number of benzene rings is 2. The van der Waals surface area contributed by atoms with E-state index in [1.54, 1.807) is 18.2 Å². The van der Waals surface area contributed by atoms with Gasteiger partial charge < -0.3 is 5.32 Å². The Morgan fingerprint density at radius 2 is 1.77 bits per heavy atom. The Balaban J connectivity index is 0.883. The molecule has 2 N–H and O–H groups in total. The van der Waals surface area contributed by atoms with E-state index in [0.29, 0.717) is 18.2 Å². The number of piperidine rings is 1. The zero-order valence-electron chi connectivity index (χ0n) is 24.3. The smallest absolute Gasteiger partial charge is 0.264 e. The van der Waals surface area contributed by atoms with Crippen molar-refractivity contribution in [1.29, 1.82) is 0 Å². The molecule has 4 amide bonds. The quantitative estimate of drug-likeness (QED) is 0.193. The van der Waals surface area contributed by atoms with E-state index in [1.165, 1.54) is 18.4 Å². The third-order valence-electron chi connectivity index (χ3n) is 8.64. The third kappa shape index (κ3) is 5.45. The molecule has 7 rings (SSSR count). The summed E-state index contributed by atoms with van der Waals surface area (Å²) in [6, 6.07) is 10.5. The molecule has 2 fully saturated rings. The largest absolute Gasteiger partial charge is 0.384 e. The van der Waals surface area contributed by atoms with Gasteiger partial charge in [-0.1, -0.05) is 25.0 Å². The van der Waals surface area contributed by atoms with E-state index in [-0.39, 0.29) is 24.0 Å². The van der Waals surface area contributed by atoms with Gasteiger partial charge in [-0.3, -0.25) is 39.1 Å². The second-order valence-corrected chi connectivity index (χ2v) is 11.8. The van der Waals surface area contributed by atoms with Gasteiger partial charge in [-0.15, -0.1) is 0 Å². The van der Waals surface area contributed by atoms with Crippen LogP contribution < -0.4 is 10.6 Å². The molecule has 4 heterocycles. The number of nitrogens with zero attached hydrogens (tertiary/aromatic N) is 5. The van der Waals surface area contributed by atoms with Crippen LogP contribution in [0.5, 0.6) is 0 Å². The maximum absolute atomic E-state index is 13.2. The molecule has 224 valence electrons. The molecule has 0 bridgehead atoms. The molecule has 1 aliphatic carbocycles. The molecule has 2 aromatic heterocycles. The van der Waals surface area contributed by atoms with Crippen molar-refractivity contribution >= 4 is 40.3 Å². The first-order valence-corrected chi connectivity index (χ1v) is 15.3. The number of anilines is 1. The lowest BCUT2D eigenvalue weighted by Crippen LogP contribution is -2.54. The van der Waals surface area contributed by atoms with Crippen LogP contribution in [-0.2, 0) is 16.1 Å². The van der Waals surface area contributed by atoms with E-state index in [0.717, 1.165) is 59.4 Å². The first-order valence-electron chi connectivity index (χ1n) is 15.3. The van der Waals surface area contributed by atoms with Crippen LogP contribution in [0.4, 0.5) is 5.69 Å². The van der Waals surface area contributed by atoms with Gasteiger partial charge in [-0.2, -0.15) is 5.10 Å². The van der Waals surface area contributed by atoms with E-state index in [9.17, 15) is 19.2 Å². The number of amides is 4. The molecule has 4 aromatic rings. The number of unbranched alkanes of at least 4 members (excludes halogenated alkanes) is 3. The SMILES string of the molecule is O=C1CCC(N2C(=O)c3cccc(NCCCCCCn4cc(-c5cnc6ccc(C7CC7)cc6n5)cn4)c3C2=O)C(=O)N1. The highest BCUT2D eigenvalue weighted by atomic mass is 16.2. The fourth-order valence-corrected chi connectivity index (χ4v) is 6.09. The monoisotopic (exact) mass is 591 g/mol. The van der Waals surface area contributed by atoms with Crippen LogP contribution in [0.2, 0.25) is 0 Å². The second-order valence-electron chi connectivity index (χ2n) is 11.8. The zero-order valence-corrected chi connectivity index (χ0v) is 24.3. The van der Waals surface area contributed by atoms with Crippen LogP contribution in [0.15, 0.2) is 55.0 Å². The molecule has 44 heavy (non-hydrogen) atoms. The standard InChI is InChI=1S/C33H33N7O4/c41-29-13-12-28(31(42)38-29)40-32(43)23-6-5-7-25(30(23)33(40)44)34-14-3-1-2-4-15-39-19-22(17-36-39)27-18-35-24-11-10-21(20-8-9-20)16-26(24)37-27/h5-7,10-11,16-20,28,34H,1-4,8-9,12-15H2,(H,38,41,42). The first kappa shape index (κ1) is 27.9. The molecule has 2 aliphatic heterocycles. The lowest BCUT2D eigenvalue weighted by molar-refractivity contribution is -0.136. The first-order chi connectivity index (χ1) is 21.5. The van der Waals surface area contributed by atoms with Crippen molar-refractivity contribution in [3.05, 3.63) is 71.7 Å². The lowest BCUT2D eigenvalue weighted by Gasteiger charge is -2.27. The summed E-state index contributed by atoms with van der Waals surface area (Å²) >= 11 is 0. The van der Waals surface area contributed by atoms with Gasteiger partial charge in [0.05, 0.1) is 40.2 Å². The van der Waals surface area contributed by atoms with Gasteiger partial charge in [0.15, 0.2) is 0 Å². The molecule has 3 aliphatic rings. The third-order valence-corrected chi connectivity index (χ3v) is 8.64. The molecular formula is C33H33N7O4. The van der Waals surface area contributed by atoms with Crippen molar-refractivity contribution in [3.8, 4) is 11.3 Å². The number of aromatic nitrogens is 4. The Morgan fingerprint density at radius 3 is 2.61 bits per heavy atom. The van der Waals surface area contributed by atoms with E-state index in [1.807, 2.05) is 23.3 Å². The maximum atomic E-state index is 13.2. The molecule has 0 spiro atoms. The van der Waals surface area contributed by atoms with Crippen molar-refractivity contribution < 1.29 is 19.2 Å². The Labute approximate surface area is 254 Å². The van der Waals surface area contributed by atoms with Gasteiger partial charge in [-0.25, -0.2) is 4.98 Å². The summed E-state index contributed by atoms with van der Waals surface area (Å²) in [5.74, 6) is -1.33.